The van der Waals surface area contributed by atoms with Crippen LogP contribution in [0.5, 0.6) is 0 Å². The van der Waals surface area contributed by atoms with Gasteiger partial charge in [0, 0.05) is 30.4 Å². The monoisotopic (exact) mass is 378 g/mol. The highest BCUT2D eigenvalue weighted by Crippen LogP contribution is 2.22. The molecule has 1 amide bonds. The summed E-state index contributed by atoms with van der Waals surface area (Å²) in [5.74, 6) is 0.420. The quantitative estimate of drug-likeness (QED) is 0.653. The molecule has 1 aliphatic heterocycles. The standard InChI is InChI=1S/C21H22N4O3/c1-2-28-21(27)16-8-11-24(12-9-16)20(26)17-10-13-25-18(14-17)22-23-19(25)15-6-4-3-5-7-15/h3-7,10,13-14,16H,2,8-9,11-12H2,1H3. The van der Waals surface area contributed by atoms with Gasteiger partial charge in [0.1, 0.15) is 0 Å². The van der Waals surface area contributed by atoms with Crippen molar-refractivity contribution < 1.29 is 14.3 Å². The average molecular weight is 378 g/mol. The lowest BCUT2D eigenvalue weighted by atomic mass is 9.96. The first-order valence-electron chi connectivity index (χ1n) is 9.53. The van der Waals surface area contributed by atoms with Gasteiger partial charge < -0.3 is 9.64 Å². The molecule has 3 heterocycles. The Hall–Kier alpha value is -3.22. The molecule has 0 bridgehead atoms. The molecule has 3 aromatic rings. The third-order valence-corrected chi connectivity index (χ3v) is 5.09. The van der Waals surface area contributed by atoms with E-state index in [9.17, 15) is 9.59 Å². The Bertz CT molecular complexity index is 991. The van der Waals surface area contributed by atoms with Gasteiger partial charge in [-0.2, -0.15) is 0 Å². The Morgan fingerprint density at radius 3 is 2.57 bits per heavy atom. The third-order valence-electron chi connectivity index (χ3n) is 5.09. The molecule has 1 fully saturated rings. The number of likely N-dealkylation sites (tertiary alicyclic amines) is 1. The lowest BCUT2D eigenvalue weighted by Gasteiger charge is -2.30. The number of rotatable bonds is 4. The summed E-state index contributed by atoms with van der Waals surface area (Å²) in [6.07, 6.45) is 3.10. The van der Waals surface area contributed by atoms with Gasteiger partial charge in [0.25, 0.3) is 5.91 Å². The van der Waals surface area contributed by atoms with Gasteiger partial charge in [0.15, 0.2) is 11.5 Å². The van der Waals surface area contributed by atoms with Crippen molar-refractivity contribution in [3.05, 3.63) is 54.2 Å². The molecule has 7 nitrogen and oxygen atoms in total. The number of hydrogen-bond acceptors (Lipinski definition) is 5. The number of fused-ring (bicyclic) bond motifs is 1. The van der Waals surface area contributed by atoms with Crippen molar-refractivity contribution in [3.8, 4) is 11.4 Å². The molecule has 1 aliphatic rings. The normalized spacial score (nSPS) is 15.0. The van der Waals surface area contributed by atoms with Crippen LogP contribution in [0.1, 0.15) is 30.1 Å². The van der Waals surface area contributed by atoms with Crippen molar-refractivity contribution in [1.29, 1.82) is 0 Å². The van der Waals surface area contributed by atoms with Gasteiger partial charge in [-0.3, -0.25) is 14.0 Å². The van der Waals surface area contributed by atoms with Crippen molar-refractivity contribution in [2.24, 2.45) is 5.92 Å². The topological polar surface area (TPSA) is 76.8 Å². The number of esters is 1. The summed E-state index contributed by atoms with van der Waals surface area (Å²) in [6.45, 7) is 3.30. The first-order chi connectivity index (χ1) is 13.7. The molecule has 0 unspecified atom stereocenters. The van der Waals surface area contributed by atoms with E-state index in [1.165, 1.54) is 0 Å². The Morgan fingerprint density at radius 1 is 1.11 bits per heavy atom. The van der Waals surface area contributed by atoms with E-state index in [1.54, 1.807) is 24.0 Å². The van der Waals surface area contributed by atoms with Crippen LogP contribution in [-0.2, 0) is 9.53 Å². The van der Waals surface area contributed by atoms with Crippen LogP contribution in [0.2, 0.25) is 0 Å². The minimum absolute atomic E-state index is 0.0472. The van der Waals surface area contributed by atoms with Crippen LogP contribution in [0, 0.1) is 5.92 Å². The summed E-state index contributed by atoms with van der Waals surface area (Å²) >= 11 is 0. The minimum atomic E-state index is -0.159. The molecule has 0 spiro atoms. The number of carbonyl (C=O) groups excluding carboxylic acids is 2. The van der Waals surface area contributed by atoms with Crippen molar-refractivity contribution >= 4 is 17.5 Å². The van der Waals surface area contributed by atoms with Crippen LogP contribution in [0.25, 0.3) is 17.0 Å². The third kappa shape index (κ3) is 3.47. The molecular formula is C21H22N4O3. The molecular weight excluding hydrogens is 356 g/mol. The zero-order valence-corrected chi connectivity index (χ0v) is 15.7. The smallest absolute Gasteiger partial charge is 0.309 e. The number of pyridine rings is 1. The molecule has 0 aliphatic carbocycles. The van der Waals surface area contributed by atoms with Crippen molar-refractivity contribution in [1.82, 2.24) is 19.5 Å². The van der Waals surface area contributed by atoms with Gasteiger partial charge in [-0.15, -0.1) is 10.2 Å². The zero-order valence-electron chi connectivity index (χ0n) is 15.7. The second-order valence-electron chi connectivity index (χ2n) is 6.85. The molecule has 0 saturated carbocycles. The van der Waals surface area contributed by atoms with Crippen LogP contribution in [0.4, 0.5) is 0 Å². The lowest BCUT2D eigenvalue weighted by Crippen LogP contribution is -2.40. The van der Waals surface area contributed by atoms with Gasteiger partial charge >= 0.3 is 5.97 Å². The number of amides is 1. The highest BCUT2D eigenvalue weighted by atomic mass is 16.5. The summed E-state index contributed by atoms with van der Waals surface area (Å²) in [5.41, 5.74) is 2.18. The Morgan fingerprint density at radius 2 is 1.86 bits per heavy atom. The lowest BCUT2D eigenvalue weighted by molar-refractivity contribution is -0.149. The van der Waals surface area contributed by atoms with Gasteiger partial charge in [0.2, 0.25) is 0 Å². The van der Waals surface area contributed by atoms with Crippen LogP contribution < -0.4 is 0 Å². The first kappa shape index (κ1) is 18.2. The fourth-order valence-corrected chi connectivity index (χ4v) is 3.57. The van der Waals surface area contributed by atoms with Gasteiger partial charge in [-0.1, -0.05) is 30.3 Å². The Balaban J connectivity index is 1.49. The maximum absolute atomic E-state index is 12.9. The minimum Gasteiger partial charge on any atom is -0.466 e. The molecule has 0 N–H and O–H groups in total. The summed E-state index contributed by atoms with van der Waals surface area (Å²) in [6, 6.07) is 13.4. The highest BCUT2D eigenvalue weighted by Gasteiger charge is 2.28. The molecule has 7 heteroatoms. The Labute approximate surface area is 162 Å². The predicted molar refractivity (Wildman–Crippen MR) is 104 cm³/mol. The SMILES string of the molecule is CCOC(=O)C1CCN(C(=O)c2ccn3c(-c4ccccc4)nnc3c2)CC1. The summed E-state index contributed by atoms with van der Waals surface area (Å²) in [4.78, 5) is 26.5. The number of nitrogens with zero attached hydrogens (tertiary/aromatic N) is 4. The van der Waals surface area contributed by atoms with Gasteiger partial charge in [-0.25, -0.2) is 0 Å². The van der Waals surface area contributed by atoms with Gasteiger partial charge in [0.05, 0.1) is 12.5 Å². The van der Waals surface area contributed by atoms with E-state index in [4.69, 9.17) is 4.74 Å². The van der Waals surface area contributed by atoms with E-state index in [1.807, 2.05) is 40.9 Å². The maximum atomic E-state index is 12.9. The molecule has 0 radical (unpaired) electrons. The number of piperidine rings is 1. The zero-order chi connectivity index (χ0) is 19.5. The van der Waals surface area contributed by atoms with E-state index in [-0.39, 0.29) is 17.8 Å². The first-order valence-corrected chi connectivity index (χ1v) is 9.53. The van der Waals surface area contributed by atoms with E-state index < -0.39 is 0 Å². The molecule has 28 heavy (non-hydrogen) atoms. The fraction of sp³-hybridized carbons (Fsp3) is 0.333. The Kier molecular flexibility index (Phi) is 5.06. The van der Waals surface area contributed by atoms with Gasteiger partial charge in [-0.05, 0) is 31.9 Å². The molecule has 0 atom stereocenters. The predicted octanol–water partition coefficient (Wildman–Crippen LogP) is 2.81. The summed E-state index contributed by atoms with van der Waals surface area (Å²) in [5, 5.41) is 8.48. The summed E-state index contributed by atoms with van der Waals surface area (Å²) in [7, 11) is 0. The number of hydrogen-bond donors (Lipinski definition) is 0. The van der Waals surface area contributed by atoms with E-state index in [2.05, 4.69) is 10.2 Å². The van der Waals surface area contributed by atoms with Crippen LogP contribution in [0.15, 0.2) is 48.7 Å². The van der Waals surface area contributed by atoms with Crippen LogP contribution in [-0.4, -0.2) is 51.1 Å². The largest absolute Gasteiger partial charge is 0.466 e. The summed E-state index contributed by atoms with van der Waals surface area (Å²) < 4.78 is 6.96. The van der Waals surface area contributed by atoms with E-state index >= 15 is 0 Å². The number of aromatic nitrogens is 3. The molecule has 1 saturated heterocycles. The molecule has 4 rings (SSSR count). The second-order valence-corrected chi connectivity index (χ2v) is 6.85. The van der Waals surface area contributed by atoms with Crippen molar-refractivity contribution in [3.63, 3.8) is 0 Å². The van der Waals surface area contributed by atoms with Crippen LogP contribution in [0.3, 0.4) is 0 Å². The molecule has 2 aromatic heterocycles. The highest BCUT2D eigenvalue weighted by molar-refractivity contribution is 5.95. The number of carbonyl (C=O) groups is 2. The maximum Gasteiger partial charge on any atom is 0.309 e. The van der Waals surface area contributed by atoms with E-state index in [0.717, 1.165) is 11.4 Å². The van der Waals surface area contributed by atoms with Crippen LogP contribution >= 0.6 is 0 Å². The number of ether oxygens (including phenoxy) is 1. The fourth-order valence-electron chi connectivity index (χ4n) is 3.57. The molecule has 1 aromatic carbocycles. The van der Waals surface area contributed by atoms with E-state index in [0.29, 0.717) is 43.7 Å². The average Bonchev–Trinajstić information content (AvgIpc) is 3.17. The molecule has 144 valence electrons. The number of benzene rings is 1. The second kappa shape index (κ2) is 7.80. The van der Waals surface area contributed by atoms with Crippen molar-refractivity contribution in [2.75, 3.05) is 19.7 Å². The van der Waals surface area contributed by atoms with Crippen molar-refractivity contribution in [2.45, 2.75) is 19.8 Å².